The normalized spacial score (nSPS) is 19.8. The Bertz CT molecular complexity index is 892. The van der Waals surface area contributed by atoms with E-state index in [0.29, 0.717) is 38.5 Å². The van der Waals surface area contributed by atoms with Crippen LogP contribution in [0.1, 0.15) is 25.2 Å². The van der Waals surface area contributed by atoms with Gasteiger partial charge >= 0.3 is 0 Å². The van der Waals surface area contributed by atoms with Gasteiger partial charge in [0.25, 0.3) is 0 Å². The van der Waals surface area contributed by atoms with Gasteiger partial charge in [-0.15, -0.1) is 10.2 Å². The van der Waals surface area contributed by atoms with Crippen molar-refractivity contribution in [2.45, 2.75) is 39.4 Å². The summed E-state index contributed by atoms with van der Waals surface area (Å²) in [6.45, 7) is 6.12. The van der Waals surface area contributed by atoms with Crippen LogP contribution in [0.25, 0.3) is 0 Å². The largest absolute Gasteiger partial charge is 0.340 e. The van der Waals surface area contributed by atoms with Gasteiger partial charge in [-0.3, -0.25) is 14.2 Å². The summed E-state index contributed by atoms with van der Waals surface area (Å²) in [6.07, 6.45) is 0.424. The third-order valence-corrected chi connectivity index (χ3v) is 5.50. The summed E-state index contributed by atoms with van der Waals surface area (Å²) in [5, 5.41) is 8.71. The van der Waals surface area contributed by atoms with Crippen molar-refractivity contribution in [3.8, 4) is 0 Å². The number of fused-ring (bicyclic) bond motifs is 1. The van der Waals surface area contributed by atoms with Crippen LogP contribution >= 0.6 is 0 Å². The number of carbonyl (C=O) groups excluding carboxylic acids is 2. The monoisotopic (exact) mass is 368 g/mol. The number of hydrogen-bond donors (Lipinski definition) is 0. The molecule has 1 aromatic carbocycles. The van der Waals surface area contributed by atoms with Crippen LogP contribution in [-0.4, -0.2) is 57.7 Å². The first-order chi connectivity index (χ1) is 13.0. The lowest BCUT2D eigenvalue weighted by Gasteiger charge is -2.37. The Morgan fingerprint density at radius 2 is 1.93 bits per heavy atom. The first-order valence-electron chi connectivity index (χ1n) is 9.30. The lowest BCUT2D eigenvalue weighted by molar-refractivity contribution is -0.131. The van der Waals surface area contributed by atoms with Crippen LogP contribution in [0.5, 0.6) is 0 Å². The molecule has 0 radical (unpaired) electrons. The fourth-order valence-electron chi connectivity index (χ4n) is 3.81. The Balaban J connectivity index is 1.61. The molecule has 1 atom stereocenters. The maximum absolute atomic E-state index is 12.5. The summed E-state index contributed by atoms with van der Waals surface area (Å²) >= 11 is 0. The van der Waals surface area contributed by atoms with E-state index in [9.17, 15) is 9.59 Å². The number of amides is 2. The Labute approximate surface area is 158 Å². The number of rotatable bonds is 4. The fraction of sp³-hybridized carbons (Fsp3) is 0.474. The van der Waals surface area contributed by atoms with Crippen LogP contribution in [0.2, 0.25) is 0 Å². The third-order valence-electron chi connectivity index (χ3n) is 5.50. The molecule has 3 heterocycles. The molecule has 2 aliphatic rings. The van der Waals surface area contributed by atoms with Gasteiger partial charge in [-0.1, -0.05) is 18.2 Å². The van der Waals surface area contributed by atoms with Crippen LogP contribution in [-0.2, 0) is 29.1 Å². The smallest absolute Gasteiger partial charge is 0.242 e. The van der Waals surface area contributed by atoms with Crippen molar-refractivity contribution in [1.29, 1.82) is 0 Å². The van der Waals surface area contributed by atoms with Crippen molar-refractivity contribution in [1.82, 2.24) is 19.7 Å². The van der Waals surface area contributed by atoms with Crippen LogP contribution in [0, 0.1) is 0 Å². The number of benzene rings is 1. The van der Waals surface area contributed by atoms with Gasteiger partial charge in [0.05, 0.1) is 19.5 Å². The molecule has 8 nitrogen and oxygen atoms in total. The van der Waals surface area contributed by atoms with Gasteiger partial charge in [-0.05, 0) is 25.5 Å². The number of piperazine rings is 1. The van der Waals surface area contributed by atoms with Gasteiger partial charge in [0.15, 0.2) is 5.82 Å². The van der Waals surface area contributed by atoms with Gasteiger partial charge in [0, 0.05) is 31.9 Å². The first-order valence-corrected chi connectivity index (χ1v) is 9.30. The Hall–Kier alpha value is -2.90. The first kappa shape index (κ1) is 17.5. The maximum atomic E-state index is 12.5. The molecule has 2 aliphatic heterocycles. The van der Waals surface area contributed by atoms with E-state index in [1.54, 1.807) is 9.80 Å². The van der Waals surface area contributed by atoms with Gasteiger partial charge in [0.1, 0.15) is 0 Å². The van der Waals surface area contributed by atoms with Gasteiger partial charge in [-0.25, -0.2) is 0 Å². The molecule has 27 heavy (non-hydrogen) atoms. The zero-order valence-electron chi connectivity index (χ0n) is 15.9. The highest BCUT2D eigenvalue weighted by Gasteiger charge is 2.32. The quantitative estimate of drug-likeness (QED) is 0.807. The number of nitrogens with zero attached hydrogens (tertiary/aromatic N) is 6. The molecule has 0 N–H and O–H groups in total. The van der Waals surface area contributed by atoms with Crippen LogP contribution in [0.4, 0.5) is 11.6 Å². The molecular weight excluding hydrogens is 344 g/mol. The Kier molecular flexibility index (Phi) is 4.33. The maximum Gasteiger partial charge on any atom is 0.242 e. The second-order valence-electron chi connectivity index (χ2n) is 7.18. The molecule has 4 rings (SSSR count). The minimum Gasteiger partial charge on any atom is -0.340 e. The van der Waals surface area contributed by atoms with Crippen LogP contribution in [0.3, 0.4) is 0 Å². The number of para-hydroxylation sites is 1. The number of carbonyl (C=O) groups is 2. The lowest BCUT2D eigenvalue weighted by atomic mass is 10.2. The highest BCUT2D eigenvalue weighted by atomic mass is 16.2. The highest BCUT2D eigenvalue weighted by Crippen LogP contribution is 2.30. The summed E-state index contributed by atoms with van der Waals surface area (Å²) in [5.41, 5.74) is 1.99. The molecule has 2 aromatic rings. The second kappa shape index (κ2) is 6.68. The fourth-order valence-corrected chi connectivity index (χ4v) is 3.81. The van der Waals surface area contributed by atoms with Gasteiger partial charge in [0.2, 0.25) is 17.8 Å². The molecule has 2 amide bonds. The summed E-state index contributed by atoms with van der Waals surface area (Å²) < 4.78 is 2.00. The zero-order valence-corrected chi connectivity index (χ0v) is 15.9. The van der Waals surface area contributed by atoms with Crippen LogP contribution in [0.15, 0.2) is 24.3 Å². The van der Waals surface area contributed by atoms with E-state index in [0.717, 1.165) is 17.1 Å². The molecule has 0 saturated carbocycles. The molecule has 1 aromatic heterocycles. The second-order valence-corrected chi connectivity index (χ2v) is 7.18. The van der Waals surface area contributed by atoms with Crippen molar-refractivity contribution in [2.24, 2.45) is 0 Å². The number of hydrogen-bond acceptors (Lipinski definition) is 5. The van der Waals surface area contributed by atoms with E-state index in [4.69, 9.17) is 0 Å². The standard InChI is InChI=1S/C19H24N6O2/c1-4-24-16(11-25-15-8-6-5-7-14(15)9-17(25)26)20-21-19(24)23-10-13(2)22(3)18(27)12-23/h5-8,13H,4,9-12H2,1-3H3. The number of anilines is 2. The molecule has 1 saturated heterocycles. The molecule has 0 bridgehead atoms. The summed E-state index contributed by atoms with van der Waals surface area (Å²) in [4.78, 5) is 30.2. The molecule has 0 spiro atoms. The molecule has 1 unspecified atom stereocenters. The van der Waals surface area contributed by atoms with Crippen LogP contribution < -0.4 is 9.80 Å². The van der Waals surface area contributed by atoms with E-state index in [1.807, 2.05) is 54.6 Å². The minimum atomic E-state index is 0.0737. The average molecular weight is 368 g/mol. The molecule has 1 fully saturated rings. The van der Waals surface area contributed by atoms with Crippen molar-refractivity contribution in [2.75, 3.05) is 29.9 Å². The van der Waals surface area contributed by atoms with Crippen molar-refractivity contribution >= 4 is 23.5 Å². The topological polar surface area (TPSA) is 74.6 Å². The predicted octanol–water partition coefficient (Wildman–Crippen LogP) is 1.05. The molecule has 0 aliphatic carbocycles. The number of aromatic nitrogens is 3. The van der Waals surface area contributed by atoms with Gasteiger partial charge in [-0.2, -0.15) is 0 Å². The SMILES string of the molecule is CCn1c(CN2C(=O)Cc3ccccc32)nnc1N1CC(=O)N(C)C(C)C1. The minimum absolute atomic E-state index is 0.0737. The Morgan fingerprint density at radius 1 is 1.15 bits per heavy atom. The molecular formula is C19H24N6O2. The van der Waals surface area contributed by atoms with Crippen molar-refractivity contribution in [3.05, 3.63) is 35.7 Å². The summed E-state index contributed by atoms with van der Waals surface area (Å²) in [6, 6.07) is 7.96. The average Bonchev–Trinajstić information content (AvgIpc) is 3.20. The van der Waals surface area contributed by atoms with Crippen molar-refractivity contribution in [3.63, 3.8) is 0 Å². The van der Waals surface area contributed by atoms with E-state index in [-0.39, 0.29) is 17.9 Å². The molecule has 8 heteroatoms. The zero-order chi connectivity index (χ0) is 19.1. The predicted molar refractivity (Wildman–Crippen MR) is 101 cm³/mol. The summed E-state index contributed by atoms with van der Waals surface area (Å²) in [5.74, 6) is 1.58. The summed E-state index contributed by atoms with van der Waals surface area (Å²) in [7, 11) is 1.83. The number of likely N-dealkylation sites (N-methyl/N-ethyl adjacent to an activating group) is 1. The van der Waals surface area contributed by atoms with Crippen molar-refractivity contribution < 1.29 is 9.59 Å². The molecule has 142 valence electrons. The van der Waals surface area contributed by atoms with Gasteiger partial charge < -0.3 is 14.7 Å². The van der Waals surface area contributed by atoms with E-state index >= 15 is 0 Å². The van der Waals surface area contributed by atoms with E-state index < -0.39 is 0 Å². The van der Waals surface area contributed by atoms with E-state index in [1.165, 1.54) is 0 Å². The highest BCUT2D eigenvalue weighted by molar-refractivity contribution is 6.01. The lowest BCUT2D eigenvalue weighted by Crippen LogP contribution is -2.54. The Morgan fingerprint density at radius 3 is 2.67 bits per heavy atom. The third kappa shape index (κ3) is 2.94. The van der Waals surface area contributed by atoms with E-state index in [2.05, 4.69) is 10.2 Å².